The van der Waals surface area contributed by atoms with Crippen molar-refractivity contribution in [2.24, 2.45) is 5.73 Å². The third kappa shape index (κ3) is 7.29. The Balaban J connectivity index is 0.00000400. The highest BCUT2D eigenvalue weighted by Crippen LogP contribution is 2.31. The summed E-state index contributed by atoms with van der Waals surface area (Å²) in [5.74, 6) is 1.75. The zero-order valence-corrected chi connectivity index (χ0v) is 23.5. The van der Waals surface area contributed by atoms with Crippen molar-refractivity contribution < 1.29 is 14.3 Å². The molecule has 0 radical (unpaired) electrons. The van der Waals surface area contributed by atoms with Crippen LogP contribution in [0.15, 0.2) is 72.9 Å². The largest absolute Gasteiger partial charge is 0.465 e. The van der Waals surface area contributed by atoms with Gasteiger partial charge in [-0.1, -0.05) is 48.7 Å². The van der Waals surface area contributed by atoms with Crippen molar-refractivity contribution in [2.75, 3.05) is 7.11 Å². The van der Waals surface area contributed by atoms with E-state index in [0.29, 0.717) is 33.5 Å². The number of nitrogens with zero attached hydrogens (tertiary/aromatic N) is 2. The highest BCUT2D eigenvalue weighted by Gasteiger charge is 2.18. The van der Waals surface area contributed by atoms with Gasteiger partial charge in [0, 0.05) is 23.3 Å². The molecule has 0 saturated carbocycles. The van der Waals surface area contributed by atoms with Crippen molar-refractivity contribution in [1.82, 2.24) is 9.55 Å². The molecule has 0 aliphatic rings. The summed E-state index contributed by atoms with van der Waals surface area (Å²) in [6, 6.07) is 19.7. The Morgan fingerprint density at radius 3 is 2.29 bits per heavy atom. The number of benzene rings is 3. The molecule has 200 valence electrons. The van der Waals surface area contributed by atoms with Crippen LogP contribution in [0.2, 0.25) is 10.0 Å². The van der Waals surface area contributed by atoms with Crippen LogP contribution in [0.3, 0.4) is 0 Å². The van der Waals surface area contributed by atoms with E-state index in [-0.39, 0.29) is 24.4 Å². The van der Waals surface area contributed by atoms with Crippen molar-refractivity contribution in [3.63, 3.8) is 0 Å². The fraction of sp³-hybridized carbons (Fsp3) is 0.241. The number of aryl methyl sites for hydroxylation is 1. The van der Waals surface area contributed by atoms with Gasteiger partial charge in [-0.2, -0.15) is 0 Å². The molecular formula is C29H30Cl3N3O3. The molecule has 2 N–H and O–H groups in total. The number of carbonyl (C=O) groups excluding carboxylic acids is 1. The second-order valence-corrected chi connectivity index (χ2v) is 9.57. The lowest BCUT2D eigenvalue weighted by atomic mass is 10.1. The van der Waals surface area contributed by atoms with E-state index in [2.05, 4.69) is 11.5 Å². The Labute approximate surface area is 239 Å². The maximum absolute atomic E-state index is 11.6. The number of carbonyl (C=O) groups is 1. The maximum atomic E-state index is 11.6. The minimum absolute atomic E-state index is 0. The number of hydrogen-bond donors (Lipinski definition) is 1. The number of rotatable bonds is 10. The summed E-state index contributed by atoms with van der Waals surface area (Å²) in [5, 5.41) is 1.14. The van der Waals surface area contributed by atoms with Crippen molar-refractivity contribution in [3.05, 3.63) is 99.9 Å². The lowest BCUT2D eigenvalue weighted by Crippen LogP contribution is -2.19. The predicted molar refractivity (Wildman–Crippen MR) is 155 cm³/mol. The number of halogens is 3. The quantitative estimate of drug-likeness (QED) is 0.195. The third-order valence-corrected chi connectivity index (χ3v) is 6.54. The van der Waals surface area contributed by atoms with E-state index in [1.807, 2.05) is 42.6 Å². The van der Waals surface area contributed by atoms with Crippen LogP contribution in [0.25, 0.3) is 11.3 Å². The van der Waals surface area contributed by atoms with E-state index in [9.17, 15) is 4.79 Å². The third-order valence-electron chi connectivity index (χ3n) is 5.99. The summed E-state index contributed by atoms with van der Waals surface area (Å²) < 4.78 is 12.8. The molecule has 1 heterocycles. The second kappa shape index (κ2) is 13.7. The van der Waals surface area contributed by atoms with Gasteiger partial charge in [-0.15, -0.1) is 12.4 Å². The first-order chi connectivity index (χ1) is 17.9. The number of nitrogens with two attached hydrogens (primary N) is 1. The molecule has 0 bridgehead atoms. The zero-order valence-electron chi connectivity index (χ0n) is 21.2. The molecular weight excluding hydrogens is 545 g/mol. The highest BCUT2D eigenvalue weighted by atomic mass is 35.5. The highest BCUT2D eigenvalue weighted by molar-refractivity contribution is 6.36. The molecule has 3 aromatic carbocycles. The summed E-state index contributed by atoms with van der Waals surface area (Å²) in [5.41, 5.74) is 9.81. The molecule has 38 heavy (non-hydrogen) atoms. The molecule has 0 spiro atoms. The first-order valence-corrected chi connectivity index (χ1v) is 12.9. The van der Waals surface area contributed by atoms with Crippen molar-refractivity contribution >= 4 is 41.6 Å². The van der Waals surface area contributed by atoms with Gasteiger partial charge in [-0.05, 0) is 73.0 Å². The SMILES string of the molecule is CCCCn1cc(-c2ccc(Cl)cc2Cl)nc1C(N)Cc1ccc(Oc2ccc(C(=O)OC)cc2)cc1.Cl. The number of methoxy groups -OCH3 is 1. The first-order valence-electron chi connectivity index (χ1n) is 12.1. The molecule has 1 unspecified atom stereocenters. The van der Waals surface area contributed by atoms with E-state index in [0.717, 1.165) is 42.0 Å². The number of imidazole rings is 1. The van der Waals surface area contributed by atoms with Crippen molar-refractivity contribution in [2.45, 2.75) is 38.8 Å². The Bertz CT molecular complexity index is 1360. The lowest BCUT2D eigenvalue weighted by molar-refractivity contribution is 0.0600. The van der Waals surface area contributed by atoms with Gasteiger partial charge in [0.1, 0.15) is 17.3 Å². The number of esters is 1. The minimum Gasteiger partial charge on any atom is -0.465 e. The van der Waals surface area contributed by atoms with Crippen molar-refractivity contribution in [1.29, 1.82) is 0 Å². The van der Waals surface area contributed by atoms with Crippen LogP contribution in [0, 0.1) is 0 Å². The van der Waals surface area contributed by atoms with E-state index in [1.54, 1.807) is 30.3 Å². The Kier molecular flexibility index (Phi) is 10.6. The van der Waals surface area contributed by atoms with Crippen LogP contribution in [0.5, 0.6) is 11.5 Å². The van der Waals surface area contributed by atoms with E-state index >= 15 is 0 Å². The maximum Gasteiger partial charge on any atom is 0.337 e. The molecule has 6 nitrogen and oxygen atoms in total. The lowest BCUT2D eigenvalue weighted by Gasteiger charge is -2.14. The summed E-state index contributed by atoms with van der Waals surface area (Å²) >= 11 is 12.5. The molecule has 4 aromatic rings. The van der Waals surface area contributed by atoms with Crippen LogP contribution in [-0.4, -0.2) is 22.6 Å². The van der Waals surface area contributed by atoms with Crippen LogP contribution in [-0.2, 0) is 17.7 Å². The Morgan fingerprint density at radius 1 is 1.03 bits per heavy atom. The van der Waals surface area contributed by atoms with Gasteiger partial charge < -0.3 is 19.8 Å². The molecule has 0 aliphatic heterocycles. The van der Waals surface area contributed by atoms with Gasteiger partial charge in [0.2, 0.25) is 0 Å². The molecule has 1 atom stereocenters. The Hall–Kier alpha value is -3.03. The van der Waals surface area contributed by atoms with Gasteiger partial charge in [0.05, 0.1) is 29.4 Å². The summed E-state index contributed by atoms with van der Waals surface area (Å²) in [4.78, 5) is 16.5. The molecule has 9 heteroatoms. The molecule has 0 amide bonds. The predicted octanol–water partition coefficient (Wildman–Crippen LogP) is 7.90. The summed E-state index contributed by atoms with van der Waals surface area (Å²) in [6.07, 6.45) is 4.72. The van der Waals surface area contributed by atoms with Gasteiger partial charge in [0.15, 0.2) is 0 Å². The zero-order chi connectivity index (χ0) is 26.4. The van der Waals surface area contributed by atoms with Crippen LogP contribution in [0.1, 0.15) is 47.6 Å². The average molecular weight is 575 g/mol. The summed E-state index contributed by atoms with van der Waals surface area (Å²) in [7, 11) is 1.35. The van der Waals surface area contributed by atoms with Crippen LogP contribution >= 0.6 is 35.6 Å². The van der Waals surface area contributed by atoms with Crippen LogP contribution < -0.4 is 10.5 Å². The first kappa shape index (κ1) is 29.5. The number of unbranched alkanes of at least 4 members (excludes halogenated alkanes) is 1. The Morgan fingerprint density at radius 2 is 1.68 bits per heavy atom. The average Bonchev–Trinajstić information content (AvgIpc) is 3.32. The van der Waals surface area contributed by atoms with Gasteiger partial charge in [-0.3, -0.25) is 0 Å². The second-order valence-electron chi connectivity index (χ2n) is 8.73. The normalized spacial score (nSPS) is 11.5. The molecule has 0 fully saturated rings. The number of aromatic nitrogens is 2. The van der Waals surface area contributed by atoms with Crippen molar-refractivity contribution in [3.8, 4) is 22.8 Å². The minimum atomic E-state index is -0.383. The summed E-state index contributed by atoms with van der Waals surface area (Å²) in [6.45, 7) is 2.99. The van der Waals surface area contributed by atoms with Crippen LogP contribution in [0.4, 0.5) is 0 Å². The van der Waals surface area contributed by atoms with E-state index in [1.165, 1.54) is 7.11 Å². The standard InChI is InChI=1S/C29H29Cl2N3O3.ClH/c1-3-4-15-34-18-27(24-14-9-21(30)17-25(24)31)33-28(34)26(32)16-19-5-10-22(11-6-19)37-23-12-7-20(8-13-23)29(35)36-2;/h5-14,17-18,26H,3-4,15-16,32H2,1-2H3;1H. The van der Waals surface area contributed by atoms with Gasteiger partial charge >= 0.3 is 5.97 Å². The number of ether oxygens (including phenoxy) is 2. The smallest absolute Gasteiger partial charge is 0.337 e. The van der Waals surface area contributed by atoms with E-state index < -0.39 is 0 Å². The van der Waals surface area contributed by atoms with Gasteiger partial charge in [-0.25, -0.2) is 9.78 Å². The monoisotopic (exact) mass is 573 g/mol. The fourth-order valence-corrected chi connectivity index (χ4v) is 4.52. The topological polar surface area (TPSA) is 79.4 Å². The molecule has 4 rings (SSSR count). The molecule has 0 aliphatic carbocycles. The van der Waals surface area contributed by atoms with Gasteiger partial charge in [0.25, 0.3) is 0 Å². The molecule has 1 aromatic heterocycles. The number of hydrogen-bond acceptors (Lipinski definition) is 5. The molecule has 0 saturated heterocycles. The fourth-order valence-electron chi connectivity index (χ4n) is 4.01. The van der Waals surface area contributed by atoms with E-state index in [4.69, 9.17) is 43.4 Å².